The average Bonchev–Trinajstić information content (AvgIpc) is 3.39. The van der Waals surface area contributed by atoms with Gasteiger partial charge in [0.15, 0.2) is 5.96 Å². The normalized spacial score (nSPS) is 20.8. The Morgan fingerprint density at radius 3 is 2.82 bits per heavy atom. The summed E-state index contributed by atoms with van der Waals surface area (Å²) >= 11 is 0. The summed E-state index contributed by atoms with van der Waals surface area (Å²) in [5, 5.41) is 4.27. The minimum atomic E-state index is -0.233. The number of aliphatic imine (C=N–C) groups is 1. The molecule has 0 amide bonds. The summed E-state index contributed by atoms with van der Waals surface area (Å²) in [5.41, 5.74) is 1.72. The Hall–Kier alpha value is -1.35. The fraction of sp³-hybridized carbons (Fsp3) is 0.571. The van der Waals surface area contributed by atoms with E-state index in [1.807, 2.05) is 14.0 Å². The van der Waals surface area contributed by atoms with Gasteiger partial charge in [-0.2, -0.15) is 0 Å². The van der Waals surface area contributed by atoms with Gasteiger partial charge in [-0.15, -0.1) is 24.0 Å². The van der Waals surface area contributed by atoms with E-state index in [9.17, 15) is 4.39 Å². The van der Waals surface area contributed by atoms with Gasteiger partial charge in [0.1, 0.15) is 17.2 Å². The highest BCUT2D eigenvalue weighted by atomic mass is 127. The van der Waals surface area contributed by atoms with E-state index >= 15 is 0 Å². The van der Waals surface area contributed by atoms with Crippen molar-refractivity contribution in [2.45, 2.75) is 32.7 Å². The number of benzene rings is 1. The standard InChI is InChI=1S/C21H29FN4O.HI/c1-15-18-11-17(22)5-6-19(18)27-20(15)12-24-21(23-2)26-10-7-16(14-26)13-25-8-3-4-9-25;/h5-6,11,16H,3-4,7-10,12-14H2,1-2H3,(H,23,24);1H. The first-order valence-electron chi connectivity index (χ1n) is 9.99. The lowest BCUT2D eigenvalue weighted by Gasteiger charge is -2.23. The molecule has 0 saturated carbocycles. The predicted molar refractivity (Wildman–Crippen MR) is 122 cm³/mol. The van der Waals surface area contributed by atoms with Gasteiger partial charge in [0, 0.05) is 37.6 Å². The van der Waals surface area contributed by atoms with Crippen molar-refractivity contribution in [3.63, 3.8) is 0 Å². The molecule has 7 heteroatoms. The van der Waals surface area contributed by atoms with E-state index < -0.39 is 0 Å². The van der Waals surface area contributed by atoms with Crippen LogP contribution in [0.2, 0.25) is 0 Å². The molecule has 1 unspecified atom stereocenters. The molecule has 0 aliphatic carbocycles. The largest absolute Gasteiger partial charge is 0.459 e. The minimum absolute atomic E-state index is 0. The van der Waals surface area contributed by atoms with Crippen LogP contribution in [-0.2, 0) is 6.54 Å². The first-order valence-corrected chi connectivity index (χ1v) is 9.99. The zero-order chi connectivity index (χ0) is 18.8. The van der Waals surface area contributed by atoms with E-state index in [0.717, 1.165) is 47.3 Å². The Morgan fingerprint density at radius 2 is 2.07 bits per heavy atom. The van der Waals surface area contributed by atoms with Crippen LogP contribution in [-0.4, -0.2) is 55.5 Å². The Bertz CT molecular complexity index is 831. The molecule has 5 nitrogen and oxygen atoms in total. The highest BCUT2D eigenvalue weighted by Crippen LogP contribution is 2.26. The average molecular weight is 500 g/mol. The number of hydrogen-bond acceptors (Lipinski definition) is 3. The van der Waals surface area contributed by atoms with Crippen molar-refractivity contribution in [1.29, 1.82) is 0 Å². The fourth-order valence-corrected chi connectivity index (χ4v) is 4.41. The third-order valence-electron chi connectivity index (χ3n) is 5.92. The molecular weight excluding hydrogens is 470 g/mol. The van der Waals surface area contributed by atoms with Crippen LogP contribution in [0.4, 0.5) is 4.39 Å². The van der Waals surface area contributed by atoms with Crippen LogP contribution in [0.1, 0.15) is 30.6 Å². The summed E-state index contributed by atoms with van der Waals surface area (Å²) in [6.07, 6.45) is 3.92. The summed E-state index contributed by atoms with van der Waals surface area (Å²) in [5.74, 6) is 2.25. The third kappa shape index (κ3) is 4.62. The fourth-order valence-electron chi connectivity index (χ4n) is 4.41. The molecule has 2 fully saturated rings. The maximum atomic E-state index is 13.5. The number of fused-ring (bicyclic) bond motifs is 1. The topological polar surface area (TPSA) is 44.0 Å². The summed E-state index contributed by atoms with van der Waals surface area (Å²) in [6.45, 7) is 8.37. The van der Waals surface area contributed by atoms with Crippen molar-refractivity contribution in [3.05, 3.63) is 35.3 Å². The number of aryl methyl sites for hydroxylation is 1. The number of hydrogen-bond donors (Lipinski definition) is 1. The van der Waals surface area contributed by atoms with Crippen molar-refractivity contribution in [2.75, 3.05) is 39.8 Å². The van der Waals surface area contributed by atoms with Crippen LogP contribution in [0.15, 0.2) is 27.6 Å². The maximum Gasteiger partial charge on any atom is 0.194 e. The lowest BCUT2D eigenvalue weighted by molar-refractivity contribution is 0.281. The van der Waals surface area contributed by atoms with Crippen molar-refractivity contribution >= 4 is 40.9 Å². The molecule has 154 valence electrons. The summed E-state index contributed by atoms with van der Waals surface area (Å²) in [7, 11) is 1.83. The molecule has 0 spiro atoms. The van der Waals surface area contributed by atoms with Gasteiger partial charge in [0.25, 0.3) is 0 Å². The molecule has 0 radical (unpaired) electrons. The van der Waals surface area contributed by atoms with Gasteiger partial charge in [-0.25, -0.2) is 4.39 Å². The molecule has 4 rings (SSSR count). The number of nitrogens with one attached hydrogen (secondary N) is 1. The van der Waals surface area contributed by atoms with Gasteiger partial charge in [-0.1, -0.05) is 0 Å². The number of furan rings is 1. The lowest BCUT2D eigenvalue weighted by atomic mass is 10.1. The predicted octanol–water partition coefficient (Wildman–Crippen LogP) is 3.99. The molecule has 1 atom stereocenters. The first-order chi connectivity index (χ1) is 13.1. The minimum Gasteiger partial charge on any atom is -0.459 e. The summed E-state index contributed by atoms with van der Waals surface area (Å²) in [4.78, 5) is 9.41. The molecule has 0 bridgehead atoms. The van der Waals surface area contributed by atoms with Crippen LogP contribution in [0.5, 0.6) is 0 Å². The Kier molecular flexibility index (Phi) is 7.20. The summed E-state index contributed by atoms with van der Waals surface area (Å²) < 4.78 is 19.4. The zero-order valence-electron chi connectivity index (χ0n) is 16.7. The molecule has 3 heterocycles. The molecule has 2 aromatic rings. The molecule has 2 saturated heterocycles. The van der Waals surface area contributed by atoms with E-state index in [0.29, 0.717) is 6.54 Å². The molecule has 1 aromatic heterocycles. The van der Waals surface area contributed by atoms with Crippen LogP contribution in [0.3, 0.4) is 0 Å². The number of rotatable bonds is 4. The van der Waals surface area contributed by atoms with Crippen molar-refractivity contribution in [1.82, 2.24) is 15.1 Å². The van der Waals surface area contributed by atoms with Crippen molar-refractivity contribution in [3.8, 4) is 0 Å². The molecule has 1 aromatic carbocycles. The molecule has 2 aliphatic heterocycles. The van der Waals surface area contributed by atoms with E-state index in [1.165, 1.54) is 51.0 Å². The number of nitrogens with zero attached hydrogens (tertiary/aromatic N) is 3. The van der Waals surface area contributed by atoms with Gasteiger partial charge >= 0.3 is 0 Å². The maximum absolute atomic E-state index is 13.5. The Morgan fingerprint density at radius 1 is 1.29 bits per heavy atom. The lowest BCUT2D eigenvalue weighted by Crippen LogP contribution is -2.40. The smallest absolute Gasteiger partial charge is 0.194 e. The second-order valence-corrected chi connectivity index (χ2v) is 7.80. The highest BCUT2D eigenvalue weighted by Gasteiger charge is 2.27. The molecule has 28 heavy (non-hydrogen) atoms. The van der Waals surface area contributed by atoms with E-state index in [1.54, 1.807) is 6.07 Å². The molecule has 2 aliphatic rings. The number of likely N-dealkylation sites (tertiary alicyclic amines) is 2. The van der Waals surface area contributed by atoms with E-state index in [2.05, 4.69) is 20.1 Å². The van der Waals surface area contributed by atoms with E-state index in [-0.39, 0.29) is 29.8 Å². The van der Waals surface area contributed by atoms with Gasteiger partial charge in [-0.05, 0) is 63.4 Å². The Balaban J connectivity index is 0.00000225. The van der Waals surface area contributed by atoms with Crippen LogP contribution < -0.4 is 5.32 Å². The Labute approximate surface area is 183 Å². The van der Waals surface area contributed by atoms with Crippen molar-refractivity contribution < 1.29 is 8.81 Å². The molecular formula is C21H30FIN4O. The van der Waals surface area contributed by atoms with E-state index in [4.69, 9.17) is 4.42 Å². The van der Waals surface area contributed by atoms with Gasteiger partial charge in [-0.3, -0.25) is 4.99 Å². The first kappa shape index (κ1) is 21.4. The van der Waals surface area contributed by atoms with Crippen molar-refractivity contribution in [2.24, 2.45) is 10.9 Å². The zero-order valence-corrected chi connectivity index (χ0v) is 19.0. The molecule has 1 N–H and O–H groups in total. The van der Waals surface area contributed by atoms with Crippen LogP contribution >= 0.6 is 24.0 Å². The third-order valence-corrected chi connectivity index (χ3v) is 5.92. The van der Waals surface area contributed by atoms with Gasteiger partial charge < -0.3 is 19.5 Å². The summed E-state index contributed by atoms with van der Waals surface area (Å²) in [6, 6.07) is 4.67. The monoisotopic (exact) mass is 500 g/mol. The second kappa shape index (κ2) is 9.43. The van der Waals surface area contributed by atoms with Gasteiger partial charge in [0.2, 0.25) is 0 Å². The van der Waals surface area contributed by atoms with Crippen LogP contribution in [0, 0.1) is 18.7 Å². The SMILES string of the molecule is CN=C(NCc1oc2ccc(F)cc2c1C)N1CCC(CN2CCCC2)C1.I. The van der Waals surface area contributed by atoms with Gasteiger partial charge in [0.05, 0.1) is 6.54 Å². The quantitative estimate of drug-likeness (QED) is 0.392. The second-order valence-electron chi connectivity index (χ2n) is 7.80. The highest BCUT2D eigenvalue weighted by molar-refractivity contribution is 14.0. The van der Waals surface area contributed by atoms with Crippen LogP contribution in [0.25, 0.3) is 11.0 Å². The number of halogens is 2. The number of guanidine groups is 1.